The Balaban J connectivity index is 2.18. The van der Waals surface area contributed by atoms with Crippen molar-refractivity contribution < 1.29 is 19.1 Å². The second-order valence-electron chi connectivity index (χ2n) is 6.02. The van der Waals surface area contributed by atoms with Crippen LogP contribution in [0.4, 0.5) is 4.79 Å². The molecule has 0 aliphatic heterocycles. The summed E-state index contributed by atoms with van der Waals surface area (Å²) in [6.07, 6.45) is 21.0. The van der Waals surface area contributed by atoms with Gasteiger partial charge in [-0.2, -0.15) is 24.4 Å². The molecule has 0 saturated heterocycles. The van der Waals surface area contributed by atoms with Crippen molar-refractivity contribution in [2.45, 2.75) is 25.0 Å². The topological polar surface area (TPSA) is 64.6 Å². The van der Waals surface area contributed by atoms with Crippen LogP contribution < -0.4 is 5.32 Å². The summed E-state index contributed by atoms with van der Waals surface area (Å²) < 4.78 is 10.4. The molecule has 0 aromatic rings. The van der Waals surface area contributed by atoms with Gasteiger partial charge in [0, 0.05) is 17.5 Å². The summed E-state index contributed by atoms with van der Waals surface area (Å²) >= 11 is 5.83. The van der Waals surface area contributed by atoms with Crippen LogP contribution in [0.15, 0.2) is 72.6 Å². The van der Waals surface area contributed by atoms with Crippen LogP contribution in [0.2, 0.25) is 0 Å². The van der Waals surface area contributed by atoms with Gasteiger partial charge in [-0.25, -0.2) is 4.79 Å². The number of carbonyl (C=O) groups excluding carboxylic acids is 2. The van der Waals surface area contributed by atoms with Crippen LogP contribution in [0.25, 0.3) is 0 Å². The van der Waals surface area contributed by atoms with Crippen molar-refractivity contribution in [3.05, 3.63) is 72.6 Å². The Hall–Kier alpha value is -2.12. The Labute approximate surface area is 183 Å². The molecule has 1 aliphatic carbocycles. The number of hydrogen-bond donors (Lipinski definition) is 2. The number of thioether (sulfide) groups is 1. The summed E-state index contributed by atoms with van der Waals surface area (Å²) in [5.41, 5.74) is 0. The van der Waals surface area contributed by atoms with Crippen molar-refractivity contribution in [3.63, 3.8) is 0 Å². The van der Waals surface area contributed by atoms with Gasteiger partial charge in [-0.05, 0) is 24.3 Å². The lowest BCUT2D eigenvalue weighted by atomic mass is 10.3. The van der Waals surface area contributed by atoms with Gasteiger partial charge in [0.25, 0.3) is 0 Å². The number of rotatable bonds is 10. The van der Waals surface area contributed by atoms with E-state index in [1.165, 1.54) is 0 Å². The van der Waals surface area contributed by atoms with E-state index in [-0.39, 0.29) is 11.2 Å². The normalized spacial score (nSPS) is 21.8. The van der Waals surface area contributed by atoms with E-state index in [1.807, 2.05) is 61.6 Å². The Morgan fingerprint density at radius 2 is 1.69 bits per heavy atom. The summed E-state index contributed by atoms with van der Waals surface area (Å²) in [5.74, 6) is 1.83. The Bertz CT molecular complexity index is 676. The highest BCUT2D eigenvalue weighted by atomic mass is 32.2. The Kier molecular flexibility index (Phi) is 14.4. The van der Waals surface area contributed by atoms with E-state index >= 15 is 0 Å². The number of allylic oxidation sites excluding steroid dienone is 11. The van der Waals surface area contributed by atoms with Crippen LogP contribution in [0, 0.1) is 0 Å². The number of carbonyl (C=O) groups is 2. The molecule has 0 aromatic carbocycles. The van der Waals surface area contributed by atoms with Gasteiger partial charge in [0.1, 0.15) is 12.4 Å². The standard InChI is InChI=1S/C22H29NO4S2/c1-19(28)18-21(24)26-15-17-29-16-11-14-23-22(25)27-20-12-9-7-5-3-2-4-6-8-10-13-20/h2-10,12-13,19,28H,11,14-18H2,1H3,(H,23,25)/b3-2-,4-2?,5-3?,6-4-,7-5-,8-6?,9-7?,10-8-,12-9-,13-10?,20-12?,20-13+. The van der Waals surface area contributed by atoms with E-state index in [1.54, 1.807) is 23.9 Å². The number of nitrogens with one attached hydrogen (secondary N) is 1. The highest BCUT2D eigenvalue weighted by Crippen LogP contribution is 2.05. The fourth-order valence-electron chi connectivity index (χ4n) is 2.00. The third-order valence-corrected chi connectivity index (χ3v) is 4.52. The molecule has 0 aromatic heterocycles. The first-order chi connectivity index (χ1) is 14.1. The van der Waals surface area contributed by atoms with Gasteiger partial charge in [0.15, 0.2) is 0 Å². The van der Waals surface area contributed by atoms with E-state index in [0.29, 0.717) is 25.3 Å². The highest BCUT2D eigenvalue weighted by molar-refractivity contribution is 7.99. The molecular weight excluding hydrogens is 406 g/mol. The molecule has 0 bridgehead atoms. The molecule has 0 spiro atoms. The molecular formula is C22H29NO4S2. The molecule has 29 heavy (non-hydrogen) atoms. The lowest BCUT2D eigenvalue weighted by molar-refractivity contribution is -0.142. The predicted molar refractivity (Wildman–Crippen MR) is 124 cm³/mol. The van der Waals surface area contributed by atoms with Crippen molar-refractivity contribution in [2.75, 3.05) is 24.7 Å². The van der Waals surface area contributed by atoms with E-state index in [4.69, 9.17) is 9.47 Å². The average molecular weight is 436 g/mol. The van der Waals surface area contributed by atoms with E-state index in [9.17, 15) is 9.59 Å². The maximum atomic E-state index is 11.9. The average Bonchev–Trinajstić information content (AvgIpc) is 2.65. The molecule has 1 aliphatic rings. The molecule has 0 saturated carbocycles. The predicted octanol–water partition coefficient (Wildman–Crippen LogP) is 4.77. The van der Waals surface area contributed by atoms with Crippen LogP contribution in [0.1, 0.15) is 19.8 Å². The van der Waals surface area contributed by atoms with Crippen LogP contribution in [0.3, 0.4) is 0 Å². The molecule has 7 heteroatoms. The number of hydrogen-bond acceptors (Lipinski definition) is 6. The summed E-state index contributed by atoms with van der Waals surface area (Å²) in [6, 6.07) is 0. The molecule has 1 N–H and O–H groups in total. The van der Waals surface area contributed by atoms with Crippen LogP contribution >= 0.6 is 24.4 Å². The summed E-state index contributed by atoms with van der Waals surface area (Å²) in [7, 11) is 0. The van der Waals surface area contributed by atoms with Gasteiger partial charge >= 0.3 is 12.1 Å². The zero-order chi connectivity index (χ0) is 21.2. The number of alkyl carbamates (subject to hydrolysis) is 1. The van der Waals surface area contributed by atoms with Gasteiger partial charge < -0.3 is 14.8 Å². The van der Waals surface area contributed by atoms with Crippen LogP contribution in [-0.2, 0) is 14.3 Å². The van der Waals surface area contributed by atoms with Gasteiger partial charge in [0.05, 0.1) is 6.42 Å². The third-order valence-electron chi connectivity index (χ3n) is 3.31. The highest BCUT2D eigenvalue weighted by Gasteiger charge is 2.06. The number of thiol groups is 1. The number of amides is 1. The number of ether oxygens (including phenoxy) is 2. The van der Waals surface area contributed by atoms with E-state index < -0.39 is 6.09 Å². The monoisotopic (exact) mass is 435 g/mol. The molecule has 1 amide bonds. The van der Waals surface area contributed by atoms with E-state index in [0.717, 1.165) is 17.9 Å². The minimum atomic E-state index is -0.486. The molecule has 158 valence electrons. The van der Waals surface area contributed by atoms with Crippen LogP contribution in [0.5, 0.6) is 0 Å². The largest absolute Gasteiger partial charge is 0.465 e. The van der Waals surface area contributed by atoms with Crippen molar-refractivity contribution in [3.8, 4) is 0 Å². The van der Waals surface area contributed by atoms with Gasteiger partial charge in [-0.15, -0.1) is 0 Å². The SMILES string of the molecule is CC(S)CC(=O)OCCSCCCNC(=O)OC1=C/C=C\C=C/C=C\C=C/C=C\1. The van der Waals surface area contributed by atoms with Crippen molar-refractivity contribution in [1.29, 1.82) is 0 Å². The Morgan fingerprint density at radius 3 is 2.38 bits per heavy atom. The van der Waals surface area contributed by atoms with Gasteiger partial charge in [-0.3, -0.25) is 4.79 Å². The fourth-order valence-corrected chi connectivity index (χ4v) is 2.90. The van der Waals surface area contributed by atoms with Crippen molar-refractivity contribution in [1.82, 2.24) is 5.32 Å². The first kappa shape index (κ1) is 24.9. The fraction of sp³-hybridized carbons (Fsp3) is 0.364. The molecule has 0 heterocycles. The molecule has 0 fully saturated rings. The summed E-state index contributed by atoms with van der Waals surface area (Å²) in [4.78, 5) is 23.3. The molecule has 0 radical (unpaired) electrons. The quantitative estimate of drug-likeness (QED) is 0.294. The van der Waals surface area contributed by atoms with E-state index in [2.05, 4.69) is 17.9 Å². The van der Waals surface area contributed by atoms with Crippen molar-refractivity contribution >= 4 is 36.5 Å². The smallest absolute Gasteiger partial charge is 0.412 e. The molecule has 1 unspecified atom stereocenters. The molecule has 5 nitrogen and oxygen atoms in total. The summed E-state index contributed by atoms with van der Waals surface area (Å²) in [6.45, 7) is 2.77. The number of esters is 1. The van der Waals surface area contributed by atoms with Crippen molar-refractivity contribution in [2.24, 2.45) is 0 Å². The summed E-state index contributed by atoms with van der Waals surface area (Å²) in [5, 5.41) is 2.75. The molecule has 1 atom stereocenters. The van der Waals surface area contributed by atoms with Gasteiger partial charge in [-0.1, -0.05) is 61.6 Å². The first-order valence-corrected chi connectivity index (χ1v) is 11.2. The minimum absolute atomic E-state index is 0.0131. The zero-order valence-electron chi connectivity index (χ0n) is 16.7. The lowest BCUT2D eigenvalue weighted by Crippen LogP contribution is -2.25. The first-order valence-electron chi connectivity index (χ1n) is 9.50. The van der Waals surface area contributed by atoms with Crippen LogP contribution in [-0.4, -0.2) is 42.0 Å². The zero-order valence-corrected chi connectivity index (χ0v) is 18.4. The lowest BCUT2D eigenvalue weighted by Gasteiger charge is -2.08. The third kappa shape index (κ3) is 15.5. The second-order valence-corrected chi connectivity index (χ2v) is 8.13. The minimum Gasteiger partial charge on any atom is -0.465 e. The maximum absolute atomic E-state index is 11.9. The second kappa shape index (κ2) is 16.8. The Morgan fingerprint density at radius 1 is 1.03 bits per heavy atom. The molecule has 1 rings (SSSR count). The van der Waals surface area contributed by atoms with Gasteiger partial charge in [0.2, 0.25) is 0 Å². The maximum Gasteiger partial charge on any atom is 0.412 e.